The Bertz CT molecular complexity index is 1300. The molecule has 4 amide bonds. The Hall–Kier alpha value is -4.93. The van der Waals surface area contributed by atoms with E-state index in [1.807, 2.05) is 0 Å². The first-order valence-corrected chi connectivity index (χ1v) is 10.5. The number of carbonyl (C=O) groups excluding carboxylic acids is 4. The zero-order chi connectivity index (χ0) is 24.9. The molecule has 0 bridgehead atoms. The van der Waals surface area contributed by atoms with Gasteiger partial charge in [0.05, 0.1) is 23.5 Å². The first-order chi connectivity index (χ1) is 16.8. The summed E-state index contributed by atoms with van der Waals surface area (Å²) >= 11 is 0. The highest BCUT2D eigenvalue weighted by molar-refractivity contribution is 6.23. The first-order valence-electron chi connectivity index (χ1n) is 10.5. The summed E-state index contributed by atoms with van der Waals surface area (Å²) in [6, 6.07) is 15.3. The van der Waals surface area contributed by atoms with E-state index >= 15 is 0 Å². The smallest absolute Gasteiger partial charge is 0.271 e. The number of rotatable bonds is 6. The lowest BCUT2D eigenvalue weighted by atomic mass is 10.1. The summed E-state index contributed by atoms with van der Waals surface area (Å²) in [6.07, 6.45) is 2.27. The van der Waals surface area contributed by atoms with E-state index in [-0.39, 0.29) is 23.4 Å². The second-order valence-electron chi connectivity index (χ2n) is 7.67. The van der Waals surface area contributed by atoms with Gasteiger partial charge < -0.3 is 0 Å². The predicted molar refractivity (Wildman–Crippen MR) is 123 cm³/mol. The molecule has 4 rings (SSSR count). The highest BCUT2D eigenvalue weighted by atomic mass is 16.6. The maximum Gasteiger partial charge on any atom is 0.271 e. The van der Waals surface area contributed by atoms with Gasteiger partial charge in [-0.1, -0.05) is 36.4 Å². The van der Waals surface area contributed by atoms with Crippen LogP contribution in [0.2, 0.25) is 0 Å². The van der Waals surface area contributed by atoms with Gasteiger partial charge >= 0.3 is 0 Å². The Kier molecular flexibility index (Phi) is 6.58. The van der Waals surface area contributed by atoms with Crippen LogP contribution in [0.4, 0.5) is 11.4 Å². The summed E-state index contributed by atoms with van der Waals surface area (Å²) in [4.78, 5) is 67.3. The van der Waals surface area contributed by atoms with E-state index in [0.717, 1.165) is 16.0 Å². The Morgan fingerprint density at radius 3 is 2.46 bits per heavy atom. The van der Waals surface area contributed by atoms with E-state index in [1.165, 1.54) is 42.7 Å². The Balaban J connectivity index is 1.64. The molecular weight excluding hydrogens is 454 g/mol. The van der Waals surface area contributed by atoms with Gasteiger partial charge in [0, 0.05) is 30.1 Å². The van der Waals surface area contributed by atoms with E-state index in [4.69, 9.17) is 0 Å². The molecular formula is C24H19N5O6. The van der Waals surface area contributed by atoms with Crippen LogP contribution in [0.15, 0.2) is 79.1 Å². The number of amides is 4. The molecule has 1 aliphatic rings. The van der Waals surface area contributed by atoms with Crippen LogP contribution in [0.3, 0.4) is 0 Å². The van der Waals surface area contributed by atoms with Crippen molar-refractivity contribution in [3.05, 3.63) is 100 Å². The molecule has 1 aliphatic heterocycles. The molecule has 11 heteroatoms. The predicted octanol–water partition coefficient (Wildman–Crippen LogP) is 2.04. The van der Waals surface area contributed by atoms with E-state index in [0.29, 0.717) is 5.56 Å². The standard InChI is InChI=1S/C24H19N5O6/c30-21-15-20(24(33)27(21)18-7-4-8-19(14-18)29(34)35)28(22(31)13-16-5-2-1-3-6-16)26-23(32)17-9-11-25-12-10-17/h1-12,14,20H,13,15H2,(H,26,32). The molecule has 0 radical (unpaired) electrons. The van der Waals surface area contributed by atoms with Gasteiger partial charge in [0.2, 0.25) is 11.8 Å². The molecule has 0 spiro atoms. The Morgan fingerprint density at radius 2 is 1.77 bits per heavy atom. The third kappa shape index (κ3) is 5.03. The maximum atomic E-state index is 13.3. The number of nitrogens with zero attached hydrogens (tertiary/aromatic N) is 4. The number of hydrazine groups is 1. The number of hydrogen-bond acceptors (Lipinski definition) is 7. The fourth-order valence-electron chi connectivity index (χ4n) is 3.68. The minimum atomic E-state index is -1.33. The van der Waals surface area contributed by atoms with Gasteiger partial charge in [0.25, 0.3) is 17.5 Å². The Morgan fingerprint density at radius 1 is 1.06 bits per heavy atom. The third-order valence-corrected chi connectivity index (χ3v) is 5.36. The van der Waals surface area contributed by atoms with Gasteiger partial charge in [0.1, 0.15) is 6.04 Å². The number of carbonyl (C=O) groups is 4. The van der Waals surface area contributed by atoms with Crippen molar-refractivity contribution in [3.8, 4) is 0 Å². The number of hydrogen-bond donors (Lipinski definition) is 1. The summed E-state index contributed by atoms with van der Waals surface area (Å²) in [6.45, 7) is 0. The van der Waals surface area contributed by atoms with Gasteiger partial charge in [-0.05, 0) is 23.8 Å². The van der Waals surface area contributed by atoms with Crippen molar-refractivity contribution in [3.63, 3.8) is 0 Å². The molecule has 2 heterocycles. The molecule has 1 N–H and O–H groups in total. The molecule has 3 aromatic rings. The molecule has 1 unspecified atom stereocenters. The monoisotopic (exact) mass is 473 g/mol. The van der Waals surface area contributed by atoms with Crippen LogP contribution in [0.25, 0.3) is 0 Å². The van der Waals surface area contributed by atoms with Crippen LogP contribution in [0.5, 0.6) is 0 Å². The number of anilines is 1. The van der Waals surface area contributed by atoms with Crippen molar-refractivity contribution in [1.82, 2.24) is 15.4 Å². The topological polar surface area (TPSA) is 143 Å². The quantitative estimate of drug-likeness (QED) is 0.328. The van der Waals surface area contributed by atoms with Crippen LogP contribution in [-0.4, -0.2) is 44.6 Å². The minimum Gasteiger partial charge on any atom is -0.274 e. The zero-order valence-electron chi connectivity index (χ0n) is 18.2. The summed E-state index contributed by atoms with van der Waals surface area (Å²) in [5, 5.41) is 12.0. The number of benzene rings is 2. The second kappa shape index (κ2) is 9.91. The summed E-state index contributed by atoms with van der Waals surface area (Å²) < 4.78 is 0. The number of pyridine rings is 1. The van der Waals surface area contributed by atoms with E-state index in [2.05, 4.69) is 10.4 Å². The van der Waals surface area contributed by atoms with Crippen LogP contribution in [0.1, 0.15) is 22.3 Å². The number of aromatic nitrogens is 1. The average Bonchev–Trinajstić information content (AvgIpc) is 3.16. The molecule has 1 atom stereocenters. The van der Waals surface area contributed by atoms with Crippen molar-refractivity contribution in [1.29, 1.82) is 0 Å². The highest BCUT2D eigenvalue weighted by Crippen LogP contribution is 2.28. The largest absolute Gasteiger partial charge is 0.274 e. The fourth-order valence-corrected chi connectivity index (χ4v) is 3.68. The van der Waals surface area contributed by atoms with Crippen LogP contribution in [-0.2, 0) is 20.8 Å². The molecule has 1 aromatic heterocycles. The first kappa shape index (κ1) is 23.2. The summed E-state index contributed by atoms with van der Waals surface area (Å²) in [7, 11) is 0. The van der Waals surface area contributed by atoms with E-state index in [9.17, 15) is 29.3 Å². The average molecular weight is 473 g/mol. The van der Waals surface area contributed by atoms with Gasteiger partial charge in [-0.15, -0.1) is 0 Å². The SMILES string of the molecule is O=C(NN(C(=O)Cc1ccccc1)C1CC(=O)N(c2cccc([N+](=O)[O-])c2)C1=O)c1ccncc1. The summed E-state index contributed by atoms with van der Waals surface area (Å²) in [5.74, 6) is -2.71. The molecule has 35 heavy (non-hydrogen) atoms. The number of nitro benzene ring substituents is 1. The fraction of sp³-hybridized carbons (Fsp3) is 0.125. The third-order valence-electron chi connectivity index (χ3n) is 5.36. The van der Waals surface area contributed by atoms with Crippen molar-refractivity contribution >= 4 is 35.0 Å². The van der Waals surface area contributed by atoms with Crippen LogP contribution < -0.4 is 10.3 Å². The van der Waals surface area contributed by atoms with Crippen molar-refractivity contribution in [2.45, 2.75) is 18.9 Å². The number of nitrogens with one attached hydrogen (secondary N) is 1. The van der Waals surface area contributed by atoms with E-state index in [1.54, 1.807) is 30.3 Å². The van der Waals surface area contributed by atoms with Crippen molar-refractivity contribution in [2.75, 3.05) is 4.90 Å². The molecule has 2 aromatic carbocycles. The number of imide groups is 1. The van der Waals surface area contributed by atoms with Crippen LogP contribution in [0, 0.1) is 10.1 Å². The van der Waals surface area contributed by atoms with E-state index < -0.39 is 41.0 Å². The summed E-state index contributed by atoms with van der Waals surface area (Å²) in [5.41, 5.74) is 3.01. The number of non-ortho nitro benzene ring substituents is 1. The maximum absolute atomic E-state index is 13.3. The zero-order valence-corrected chi connectivity index (χ0v) is 18.2. The van der Waals surface area contributed by atoms with Gasteiger partial charge in [-0.2, -0.15) is 0 Å². The molecule has 0 saturated carbocycles. The van der Waals surface area contributed by atoms with Gasteiger partial charge in [0.15, 0.2) is 0 Å². The highest BCUT2D eigenvalue weighted by Gasteiger charge is 2.45. The lowest BCUT2D eigenvalue weighted by molar-refractivity contribution is -0.384. The minimum absolute atomic E-state index is 0.00705. The molecule has 11 nitrogen and oxygen atoms in total. The Labute approximate surface area is 199 Å². The molecule has 176 valence electrons. The molecule has 1 fully saturated rings. The normalized spacial score (nSPS) is 15.1. The van der Waals surface area contributed by atoms with Gasteiger partial charge in [-0.3, -0.25) is 39.7 Å². The van der Waals surface area contributed by atoms with Gasteiger partial charge in [-0.25, -0.2) is 9.91 Å². The second-order valence-corrected chi connectivity index (χ2v) is 7.67. The lowest BCUT2D eigenvalue weighted by Crippen LogP contribution is -2.55. The van der Waals surface area contributed by atoms with Crippen LogP contribution >= 0.6 is 0 Å². The van der Waals surface area contributed by atoms with Crippen molar-refractivity contribution in [2.24, 2.45) is 0 Å². The molecule has 0 aliphatic carbocycles. The number of nitro groups is 1. The lowest BCUT2D eigenvalue weighted by Gasteiger charge is -2.28. The molecule has 1 saturated heterocycles. The van der Waals surface area contributed by atoms with Crippen molar-refractivity contribution < 1.29 is 24.1 Å².